The average Bonchev–Trinajstić information content (AvgIpc) is 3.12. The molecule has 0 aliphatic carbocycles. The highest BCUT2D eigenvalue weighted by Crippen LogP contribution is 2.19. The normalized spacial score (nSPS) is 10.8. The first-order valence-electron chi connectivity index (χ1n) is 7.55. The number of nitrogens with one attached hydrogen (secondary N) is 1. The minimum absolute atomic E-state index is 0.0840. The SMILES string of the molecule is CCOC(=O)c1cc(NC(=O)Cc2noc3ccccc23)cn1C. The number of hydrogen-bond donors (Lipinski definition) is 1. The highest BCUT2D eigenvalue weighted by molar-refractivity contribution is 5.96. The van der Waals surface area contributed by atoms with Crippen LogP contribution in [0.5, 0.6) is 0 Å². The van der Waals surface area contributed by atoms with Gasteiger partial charge in [-0.25, -0.2) is 4.79 Å². The molecule has 0 radical (unpaired) electrons. The van der Waals surface area contributed by atoms with E-state index >= 15 is 0 Å². The summed E-state index contributed by atoms with van der Waals surface area (Å²) in [5.74, 6) is -0.668. The third-order valence-electron chi connectivity index (χ3n) is 3.55. The molecule has 0 saturated heterocycles. The molecule has 7 heteroatoms. The molecule has 0 spiro atoms. The molecule has 24 heavy (non-hydrogen) atoms. The fourth-order valence-corrected chi connectivity index (χ4v) is 2.46. The molecular weight excluding hydrogens is 310 g/mol. The maximum absolute atomic E-state index is 12.2. The second-order valence-electron chi connectivity index (χ2n) is 5.30. The van der Waals surface area contributed by atoms with E-state index in [-0.39, 0.29) is 12.3 Å². The number of aromatic nitrogens is 2. The average molecular weight is 327 g/mol. The maximum atomic E-state index is 12.2. The lowest BCUT2D eigenvalue weighted by atomic mass is 10.1. The van der Waals surface area contributed by atoms with Crippen LogP contribution in [0.3, 0.4) is 0 Å². The van der Waals surface area contributed by atoms with E-state index in [9.17, 15) is 9.59 Å². The van der Waals surface area contributed by atoms with Gasteiger partial charge in [0.15, 0.2) is 5.58 Å². The summed E-state index contributed by atoms with van der Waals surface area (Å²) in [6.45, 7) is 2.04. The summed E-state index contributed by atoms with van der Waals surface area (Å²) in [6.07, 6.45) is 1.74. The van der Waals surface area contributed by atoms with Crippen molar-refractivity contribution in [3.05, 3.63) is 47.9 Å². The number of hydrogen-bond acceptors (Lipinski definition) is 5. The zero-order valence-electron chi connectivity index (χ0n) is 13.4. The maximum Gasteiger partial charge on any atom is 0.355 e. The van der Waals surface area contributed by atoms with Crippen molar-refractivity contribution in [2.45, 2.75) is 13.3 Å². The van der Waals surface area contributed by atoms with Crippen LogP contribution in [-0.4, -0.2) is 28.2 Å². The number of esters is 1. The summed E-state index contributed by atoms with van der Waals surface area (Å²) in [4.78, 5) is 24.0. The van der Waals surface area contributed by atoms with Crippen LogP contribution in [0.1, 0.15) is 23.1 Å². The van der Waals surface area contributed by atoms with Crippen LogP contribution in [0.25, 0.3) is 11.0 Å². The van der Waals surface area contributed by atoms with E-state index in [4.69, 9.17) is 9.26 Å². The van der Waals surface area contributed by atoms with Gasteiger partial charge in [0.05, 0.1) is 18.7 Å². The Kier molecular flexibility index (Phi) is 4.33. The third kappa shape index (κ3) is 3.15. The molecule has 0 fully saturated rings. The molecule has 0 atom stereocenters. The highest BCUT2D eigenvalue weighted by Gasteiger charge is 2.16. The summed E-state index contributed by atoms with van der Waals surface area (Å²) in [6, 6.07) is 8.95. The Bertz CT molecular complexity index is 894. The molecule has 2 heterocycles. The lowest BCUT2D eigenvalue weighted by molar-refractivity contribution is -0.115. The summed E-state index contributed by atoms with van der Waals surface area (Å²) >= 11 is 0. The molecule has 0 bridgehead atoms. The van der Waals surface area contributed by atoms with E-state index in [2.05, 4.69) is 10.5 Å². The van der Waals surface area contributed by atoms with Crippen molar-refractivity contribution in [1.29, 1.82) is 0 Å². The van der Waals surface area contributed by atoms with Gasteiger partial charge >= 0.3 is 5.97 Å². The number of carbonyl (C=O) groups excluding carboxylic acids is 2. The molecule has 0 saturated carbocycles. The van der Waals surface area contributed by atoms with Crippen LogP contribution in [0.15, 0.2) is 41.1 Å². The smallest absolute Gasteiger partial charge is 0.355 e. The van der Waals surface area contributed by atoms with Crippen molar-refractivity contribution in [2.75, 3.05) is 11.9 Å². The van der Waals surface area contributed by atoms with Crippen LogP contribution in [0.2, 0.25) is 0 Å². The van der Waals surface area contributed by atoms with E-state index in [0.717, 1.165) is 5.39 Å². The molecule has 2 aromatic heterocycles. The Hall–Kier alpha value is -3.09. The first kappa shape index (κ1) is 15.8. The van der Waals surface area contributed by atoms with Gasteiger partial charge in [0.1, 0.15) is 11.4 Å². The van der Waals surface area contributed by atoms with Crippen molar-refractivity contribution in [1.82, 2.24) is 9.72 Å². The number of rotatable bonds is 5. The largest absolute Gasteiger partial charge is 0.461 e. The zero-order chi connectivity index (χ0) is 17.1. The number of aryl methyl sites for hydroxylation is 1. The molecule has 1 amide bonds. The number of nitrogens with zero attached hydrogens (tertiary/aromatic N) is 2. The molecule has 1 N–H and O–H groups in total. The van der Waals surface area contributed by atoms with E-state index in [1.54, 1.807) is 36.9 Å². The Morgan fingerprint density at radius 1 is 1.33 bits per heavy atom. The van der Waals surface area contributed by atoms with Crippen LogP contribution < -0.4 is 5.32 Å². The van der Waals surface area contributed by atoms with Crippen molar-refractivity contribution < 1.29 is 18.8 Å². The van der Waals surface area contributed by atoms with E-state index in [0.29, 0.717) is 29.3 Å². The van der Waals surface area contributed by atoms with Crippen LogP contribution in [0, 0.1) is 0 Å². The molecule has 3 rings (SSSR count). The van der Waals surface area contributed by atoms with Gasteiger partial charge in [-0.05, 0) is 25.1 Å². The van der Waals surface area contributed by atoms with Gasteiger partial charge in [-0.1, -0.05) is 17.3 Å². The minimum Gasteiger partial charge on any atom is -0.461 e. The zero-order valence-corrected chi connectivity index (χ0v) is 13.4. The Morgan fingerprint density at radius 2 is 2.12 bits per heavy atom. The van der Waals surface area contributed by atoms with Crippen molar-refractivity contribution in [2.24, 2.45) is 7.05 Å². The Morgan fingerprint density at radius 3 is 2.92 bits per heavy atom. The Labute approximate surface area is 138 Å². The summed E-state index contributed by atoms with van der Waals surface area (Å²) in [5.41, 5.74) is 2.12. The molecular formula is C17H17N3O4. The van der Waals surface area contributed by atoms with Crippen molar-refractivity contribution in [3.8, 4) is 0 Å². The van der Waals surface area contributed by atoms with Crippen LogP contribution in [-0.2, 0) is 23.0 Å². The minimum atomic E-state index is -0.428. The number of fused-ring (bicyclic) bond motifs is 1. The molecule has 124 valence electrons. The molecule has 0 aliphatic heterocycles. The lowest BCUT2D eigenvalue weighted by Crippen LogP contribution is -2.14. The van der Waals surface area contributed by atoms with Gasteiger partial charge in [0.2, 0.25) is 5.91 Å². The summed E-state index contributed by atoms with van der Waals surface area (Å²) in [7, 11) is 1.72. The van der Waals surface area contributed by atoms with Gasteiger partial charge in [0, 0.05) is 18.6 Å². The van der Waals surface area contributed by atoms with Crippen molar-refractivity contribution in [3.63, 3.8) is 0 Å². The Balaban J connectivity index is 1.71. The van der Waals surface area contributed by atoms with Gasteiger partial charge < -0.3 is 19.1 Å². The van der Waals surface area contributed by atoms with Gasteiger partial charge in [0.25, 0.3) is 0 Å². The van der Waals surface area contributed by atoms with E-state index in [1.165, 1.54) is 0 Å². The molecule has 0 unspecified atom stereocenters. The second kappa shape index (κ2) is 6.57. The van der Waals surface area contributed by atoms with E-state index in [1.807, 2.05) is 18.2 Å². The summed E-state index contributed by atoms with van der Waals surface area (Å²) in [5, 5.41) is 7.50. The number of para-hydroxylation sites is 1. The molecule has 0 aliphatic rings. The fourth-order valence-electron chi connectivity index (χ4n) is 2.46. The quantitative estimate of drug-likeness (QED) is 0.728. The molecule has 3 aromatic rings. The van der Waals surface area contributed by atoms with Gasteiger partial charge in [-0.15, -0.1) is 0 Å². The predicted molar refractivity (Wildman–Crippen MR) is 87.7 cm³/mol. The topological polar surface area (TPSA) is 86.4 Å². The van der Waals surface area contributed by atoms with Crippen LogP contribution >= 0.6 is 0 Å². The second-order valence-corrected chi connectivity index (χ2v) is 5.30. The first-order chi connectivity index (χ1) is 11.6. The number of carbonyl (C=O) groups is 2. The number of anilines is 1. The van der Waals surface area contributed by atoms with Crippen LogP contribution in [0.4, 0.5) is 5.69 Å². The highest BCUT2D eigenvalue weighted by atomic mass is 16.5. The molecule has 1 aromatic carbocycles. The lowest BCUT2D eigenvalue weighted by Gasteiger charge is -2.01. The number of amides is 1. The first-order valence-corrected chi connectivity index (χ1v) is 7.55. The van der Waals surface area contributed by atoms with Crippen molar-refractivity contribution >= 4 is 28.5 Å². The number of ether oxygens (including phenoxy) is 1. The van der Waals surface area contributed by atoms with E-state index < -0.39 is 5.97 Å². The molecule has 7 nitrogen and oxygen atoms in total. The van der Waals surface area contributed by atoms with Gasteiger partial charge in [-0.2, -0.15) is 0 Å². The third-order valence-corrected chi connectivity index (χ3v) is 3.55. The standard InChI is InChI=1S/C17H17N3O4/c1-3-23-17(22)14-8-11(10-20(14)2)18-16(21)9-13-12-6-4-5-7-15(12)24-19-13/h4-8,10H,3,9H2,1-2H3,(H,18,21). The summed E-state index contributed by atoms with van der Waals surface area (Å²) < 4.78 is 11.8. The monoisotopic (exact) mass is 327 g/mol. The van der Waals surface area contributed by atoms with Gasteiger partial charge in [-0.3, -0.25) is 4.79 Å². The fraction of sp³-hybridized carbons (Fsp3) is 0.235. The number of benzene rings is 1. The predicted octanol–water partition coefficient (Wildman–Crippen LogP) is 2.52.